The van der Waals surface area contributed by atoms with Crippen molar-refractivity contribution in [2.45, 2.75) is 37.0 Å². The fourth-order valence-corrected chi connectivity index (χ4v) is 5.92. The molecule has 0 fully saturated rings. The Morgan fingerprint density at radius 3 is 2.58 bits per heavy atom. The number of fused-ring (bicyclic) bond motifs is 1. The molecule has 31 heavy (non-hydrogen) atoms. The number of amides is 2. The van der Waals surface area contributed by atoms with E-state index >= 15 is 0 Å². The van der Waals surface area contributed by atoms with E-state index < -0.39 is 10.0 Å². The second-order valence-electron chi connectivity index (χ2n) is 7.21. The van der Waals surface area contributed by atoms with Gasteiger partial charge in [-0.15, -0.1) is 11.8 Å². The summed E-state index contributed by atoms with van der Waals surface area (Å²) in [4.78, 5) is 27.8. The highest BCUT2D eigenvalue weighted by molar-refractivity contribution is 7.99. The number of carbonyl (C=O) groups excluding carboxylic acids is 2. The number of aryl methyl sites for hydroxylation is 1. The van der Waals surface area contributed by atoms with Crippen LogP contribution in [-0.2, 0) is 19.6 Å². The SMILES string of the molecule is CCN(CC)S(=O)(=O)c1ccc2c(c1)N(CC(=O)Nc1cccc(C)c1)C(=O)CCS2. The predicted molar refractivity (Wildman–Crippen MR) is 124 cm³/mol. The minimum atomic E-state index is -3.68. The van der Waals surface area contributed by atoms with Gasteiger partial charge in [-0.2, -0.15) is 4.31 Å². The first kappa shape index (κ1) is 23.3. The van der Waals surface area contributed by atoms with Crippen LogP contribution in [0.5, 0.6) is 0 Å². The number of benzene rings is 2. The van der Waals surface area contributed by atoms with Gasteiger partial charge in [0, 0.05) is 35.8 Å². The van der Waals surface area contributed by atoms with Gasteiger partial charge < -0.3 is 10.2 Å². The van der Waals surface area contributed by atoms with Gasteiger partial charge in [0.15, 0.2) is 0 Å². The number of nitrogens with zero attached hydrogens (tertiary/aromatic N) is 2. The third kappa shape index (κ3) is 5.28. The zero-order valence-corrected chi connectivity index (χ0v) is 19.6. The molecule has 9 heteroatoms. The molecule has 2 aromatic rings. The molecule has 0 unspecified atom stereocenters. The van der Waals surface area contributed by atoms with Crippen molar-refractivity contribution < 1.29 is 18.0 Å². The van der Waals surface area contributed by atoms with Crippen molar-refractivity contribution in [3.8, 4) is 0 Å². The van der Waals surface area contributed by atoms with Crippen molar-refractivity contribution in [2.75, 3.05) is 35.6 Å². The van der Waals surface area contributed by atoms with E-state index in [9.17, 15) is 18.0 Å². The van der Waals surface area contributed by atoms with Gasteiger partial charge >= 0.3 is 0 Å². The number of carbonyl (C=O) groups is 2. The smallest absolute Gasteiger partial charge is 0.244 e. The quantitative estimate of drug-likeness (QED) is 0.682. The summed E-state index contributed by atoms with van der Waals surface area (Å²) in [5, 5.41) is 2.82. The van der Waals surface area contributed by atoms with Crippen molar-refractivity contribution >= 4 is 45.0 Å². The van der Waals surface area contributed by atoms with Gasteiger partial charge in [0.2, 0.25) is 21.8 Å². The van der Waals surface area contributed by atoms with Crippen LogP contribution in [0.25, 0.3) is 0 Å². The lowest BCUT2D eigenvalue weighted by atomic mass is 10.2. The van der Waals surface area contributed by atoms with E-state index in [1.165, 1.54) is 27.0 Å². The molecule has 1 N–H and O–H groups in total. The average Bonchev–Trinajstić information content (AvgIpc) is 2.87. The first-order valence-electron chi connectivity index (χ1n) is 10.2. The molecule has 0 spiro atoms. The van der Waals surface area contributed by atoms with Crippen LogP contribution >= 0.6 is 11.8 Å². The molecule has 1 heterocycles. The number of hydrogen-bond acceptors (Lipinski definition) is 5. The summed E-state index contributed by atoms with van der Waals surface area (Å²) < 4.78 is 27.3. The van der Waals surface area contributed by atoms with Crippen molar-refractivity contribution in [1.82, 2.24) is 4.31 Å². The lowest BCUT2D eigenvalue weighted by Gasteiger charge is -2.24. The van der Waals surface area contributed by atoms with Gasteiger partial charge in [-0.3, -0.25) is 9.59 Å². The molecule has 7 nitrogen and oxygen atoms in total. The van der Waals surface area contributed by atoms with E-state index in [1.54, 1.807) is 32.0 Å². The number of rotatable bonds is 7. The molecule has 0 saturated carbocycles. The predicted octanol–water partition coefficient (Wildman–Crippen LogP) is 3.49. The second-order valence-corrected chi connectivity index (χ2v) is 10.3. The van der Waals surface area contributed by atoms with Crippen LogP contribution in [0.2, 0.25) is 0 Å². The maximum absolute atomic E-state index is 13.0. The van der Waals surface area contributed by atoms with E-state index in [4.69, 9.17) is 0 Å². The summed E-state index contributed by atoms with van der Waals surface area (Å²) in [6, 6.07) is 12.2. The summed E-state index contributed by atoms with van der Waals surface area (Å²) >= 11 is 1.49. The van der Waals surface area contributed by atoms with E-state index in [0.29, 0.717) is 30.2 Å². The summed E-state index contributed by atoms with van der Waals surface area (Å²) in [5.74, 6) is 0.0288. The first-order valence-corrected chi connectivity index (χ1v) is 12.6. The summed E-state index contributed by atoms with van der Waals surface area (Å²) in [6.45, 7) is 6.02. The van der Waals surface area contributed by atoms with Gasteiger partial charge in [-0.25, -0.2) is 8.42 Å². The fourth-order valence-electron chi connectivity index (χ4n) is 3.46. The zero-order valence-electron chi connectivity index (χ0n) is 17.9. The Labute approximate surface area is 187 Å². The Kier molecular flexibility index (Phi) is 7.40. The molecular formula is C22H27N3O4S2. The summed E-state index contributed by atoms with van der Waals surface area (Å²) in [6.07, 6.45) is 0.273. The Balaban J connectivity index is 1.93. The van der Waals surface area contributed by atoms with E-state index in [-0.39, 0.29) is 29.7 Å². The highest BCUT2D eigenvalue weighted by Gasteiger charge is 2.28. The largest absolute Gasteiger partial charge is 0.325 e. The highest BCUT2D eigenvalue weighted by atomic mass is 32.2. The molecule has 3 rings (SSSR count). The van der Waals surface area contributed by atoms with Crippen LogP contribution < -0.4 is 10.2 Å². The molecule has 2 aromatic carbocycles. The van der Waals surface area contributed by atoms with Crippen LogP contribution in [0.4, 0.5) is 11.4 Å². The second kappa shape index (κ2) is 9.84. The van der Waals surface area contributed by atoms with Crippen LogP contribution in [0, 0.1) is 6.92 Å². The lowest BCUT2D eigenvalue weighted by Crippen LogP contribution is -2.38. The topological polar surface area (TPSA) is 86.8 Å². The van der Waals surface area contributed by atoms with E-state index in [2.05, 4.69) is 5.32 Å². The summed E-state index contributed by atoms with van der Waals surface area (Å²) in [7, 11) is -3.68. The Morgan fingerprint density at radius 2 is 1.90 bits per heavy atom. The lowest BCUT2D eigenvalue weighted by molar-refractivity contribution is -0.121. The molecule has 1 aliphatic heterocycles. The van der Waals surface area contributed by atoms with E-state index in [0.717, 1.165) is 10.5 Å². The first-order chi connectivity index (χ1) is 14.8. The maximum Gasteiger partial charge on any atom is 0.244 e. The summed E-state index contributed by atoms with van der Waals surface area (Å²) in [5.41, 5.74) is 2.12. The number of sulfonamides is 1. The van der Waals surface area contributed by atoms with Crippen molar-refractivity contribution in [2.24, 2.45) is 0 Å². The highest BCUT2D eigenvalue weighted by Crippen LogP contribution is 2.36. The Morgan fingerprint density at radius 1 is 1.16 bits per heavy atom. The van der Waals surface area contributed by atoms with Crippen LogP contribution in [-0.4, -0.2) is 49.9 Å². The van der Waals surface area contributed by atoms with Crippen LogP contribution in [0.3, 0.4) is 0 Å². The number of nitrogens with one attached hydrogen (secondary N) is 1. The average molecular weight is 462 g/mol. The van der Waals surface area contributed by atoms with E-state index in [1.807, 2.05) is 25.1 Å². The maximum atomic E-state index is 13.0. The number of thioether (sulfide) groups is 1. The third-order valence-electron chi connectivity index (χ3n) is 5.04. The molecule has 2 amide bonds. The molecule has 0 saturated heterocycles. The monoisotopic (exact) mass is 461 g/mol. The van der Waals surface area contributed by atoms with Gasteiger partial charge in [0.25, 0.3) is 0 Å². The molecule has 0 radical (unpaired) electrons. The van der Waals surface area contributed by atoms with Gasteiger partial charge in [0.1, 0.15) is 6.54 Å². The normalized spacial score (nSPS) is 14.3. The van der Waals surface area contributed by atoms with Crippen LogP contribution in [0.1, 0.15) is 25.8 Å². The molecule has 0 bridgehead atoms. The number of anilines is 2. The molecule has 0 aromatic heterocycles. The Hall–Kier alpha value is -2.36. The van der Waals surface area contributed by atoms with Crippen molar-refractivity contribution in [3.63, 3.8) is 0 Å². The van der Waals surface area contributed by atoms with Crippen molar-refractivity contribution in [3.05, 3.63) is 48.0 Å². The van der Waals surface area contributed by atoms with Gasteiger partial charge in [-0.1, -0.05) is 26.0 Å². The molecular weight excluding hydrogens is 434 g/mol. The third-order valence-corrected chi connectivity index (χ3v) is 8.15. The van der Waals surface area contributed by atoms with Crippen molar-refractivity contribution in [1.29, 1.82) is 0 Å². The Bertz CT molecular complexity index is 1080. The minimum Gasteiger partial charge on any atom is -0.325 e. The minimum absolute atomic E-state index is 0.120. The molecule has 0 atom stereocenters. The zero-order chi connectivity index (χ0) is 22.6. The van der Waals surface area contributed by atoms with Gasteiger partial charge in [0.05, 0.1) is 10.6 Å². The number of hydrogen-bond donors (Lipinski definition) is 1. The standard InChI is InChI=1S/C22H27N3O4S2/c1-4-24(5-2)31(28,29)18-9-10-20-19(14-18)25(22(27)11-12-30-20)15-21(26)23-17-8-6-7-16(3)13-17/h6-10,13-14H,4-5,11-12,15H2,1-3H3,(H,23,26). The molecule has 0 aliphatic carbocycles. The van der Waals surface area contributed by atoms with Crippen LogP contribution in [0.15, 0.2) is 52.3 Å². The van der Waals surface area contributed by atoms with Gasteiger partial charge in [-0.05, 0) is 42.8 Å². The molecule has 166 valence electrons. The molecule has 1 aliphatic rings. The fraction of sp³-hybridized carbons (Fsp3) is 0.364.